The van der Waals surface area contributed by atoms with Gasteiger partial charge in [0.05, 0.1) is 12.6 Å². The average Bonchev–Trinajstić information content (AvgIpc) is 2.52. The van der Waals surface area contributed by atoms with Gasteiger partial charge in [-0.2, -0.15) is 0 Å². The number of nitrogens with zero attached hydrogens (tertiary/aromatic N) is 1. The van der Waals surface area contributed by atoms with Crippen LogP contribution in [0.3, 0.4) is 0 Å². The van der Waals surface area contributed by atoms with Crippen molar-refractivity contribution in [2.24, 2.45) is 11.7 Å². The van der Waals surface area contributed by atoms with E-state index in [1.54, 1.807) is 4.90 Å². The van der Waals surface area contributed by atoms with Crippen LogP contribution in [0.2, 0.25) is 0 Å². The van der Waals surface area contributed by atoms with E-state index in [2.05, 4.69) is 11.4 Å². The number of rotatable bonds is 4. The zero-order valence-electron chi connectivity index (χ0n) is 14.5. The Morgan fingerprint density at radius 3 is 2.62 bits per heavy atom. The smallest absolute Gasteiger partial charge is 0.246 e. The first-order valence-electron chi connectivity index (χ1n) is 8.42. The Bertz CT molecular complexity index is 563. The number of nitrogens with one attached hydrogen (secondary N) is 1. The molecule has 0 bridgehead atoms. The maximum absolute atomic E-state index is 12.6. The predicted molar refractivity (Wildman–Crippen MR) is 99.4 cm³/mol. The highest BCUT2D eigenvalue weighted by Crippen LogP contribution is 2.25. The Morgan fingerprint density at radius 2 is 1.92 bits per heavy atom. The van der Waals surface area contributed by atoms with Crippen LogP contribution in [0.15, 0.2) is 24.3 Å². The number of aryl methyl sites for hydroxylation is 1. The van der Waals surface area contributed by atoms with Crippen LogP contribution in [0.5, 0.6) is 0 Å². The number of fused-ring (bicyclic) bond motifs is 1. The van der Waals surface area contributed by atoms with Crippen LogP contribution >= 0.6 is 12.4 Å². The number of para-hydroxylation sites is 1. The lowest BCUT2D eigenvalue weighted by molar-refractivity contribution is -0.126. The van der Waals surface area contributed by atoms with Crippen LogP contribution in [0.25, 0.3) is 0 Å². The van der Waals surface area contributed by atoms with Crippen LogP contribution in [0.1, 0.15) is 38.7 Å². The first-order valence-corrected chi connectivity index (χ1v) is 8.42. The standard InChI is InChI=1S/C18H27N3O2.ClH/c1-13(2)17(19)18(23)20-12-16(22)21-11-7-3-4-8-14-9-5-6-10-15(14)21;/h5-6,9-10,13,17H,3-4,7-8,11-12,19H2,1-2H3,(H,20,23);1H/t17-;/m0./s1. The topological polar surface area (TPSA) is 75.4 Å². The van der Waals surface area contributed by atoms with E-state index in [0.717, 1.165) is 31.4 Å². The summed E-state index contributed by atoms with van der Waals surface area (Å²) in [6.07, 6.45) is 4.24. The Hall–Kier alpha value is -1.59. The molecule has 0 radical (unpaired) electrons. The molecule has 2 amide bonds. The number of carbonyl (C=O) groups is 2. The van der Waals surface area contributed by atoms with Gasteiger partial charge in [-0.1, -0.05) is 38.5 Å². The molecule has 0 aliphatic carbocycles. The first kappa shape index (κ1) is 20.5. The first-order chi connectivity index (χ1) is 11.0. The van der Waals surface area contributed by atoms with Crippen LogP contribution < -0.4 is 16.0 Å². The third-order valence-electron chi connectivity index (χ3n) is 4.35. The summed E-state index contributed by atoms with van der Waals surface area (Å²) >= 11 is 0. The molecule has 0 aromatic heterocycles. The summed E-state index contributed by atoms with van der Waals surface area (Å²) < 4.78 is 0. The minimum atomic E-state index is -0.581. The number of hydrogen-bond donors (Lipinski definition) is 2. The van der Waals surface area contributed by atoms with Gasteiger partial charge in [0.25, 0.3) is 0 Å². The predicted octanol–water partition coefficient (Wildman–Crippen LogP) is 2.27. The van der Waals surface area contributed by atoms with Crippen molar-refractivity contribution in [1.82, 2.24) is 5.32 Å². The summed E-state index contributed by atoms with van der Waals surface area (Å²) in [5.41, 5.74) is 7.98. The highest BCUT2D eigenvalue weighted by atomic mass is 35.5. The van der Waals surface area contributed by atoms with E-state index in [4.69, 9.17) is 5.73 Å². The number of amides is 2. The summed E-state index contributed by atoms with van der Waals surface area (Å²) in [6.45, 7) is 4.47. The van der Waals surface area contributed by atoms with Crippen molar-refractivity contribution in [1.29, 1.82) is 0 Å². The molecule has 1 atom stereocenters. The third kappa shape index (κ3) is 5.21. The fourth-order valence-electron chi connectivity index (χ4n) is 2.81. The van der Waals surface area contributed by atoms with Gasteiger partial charge in [-0.3, -0.25) is 9.59 Å². The van der Waals surface area contributed by atoms with Crippen molar-refractivity contribution in [3.05, 3.63) is 29.8 Å². The van der Waals surface area contributed by atoms with Crippen molar-refractivity contribution in [3.8, 4) is 0 Å². The van der Waals surface area contributed by atoms with Crippen molar-refractivity contribution >= 4 is 29.9 Å². The minimum absolute atomic E-state index is 0. The second kappa shape index (κ2) is 9.64. The molecule has 1 aliphatic rings. The van der Waals surface area contributed by atoms with Gasteiger partial charge in [0.2, 0.25) is 11.8 Å². The summed E-state index contributed by atoms with van der Waals surface area (Å²) in [4.78, 5) is 26.3. The number of halogens is 1. The lowest BCUT2D eigenvalue weighted by Crippen LogP contribution is -2.48. The molecule has 0 saturated heterocycles. The second-order valence-corrected chi connectivity index (χ2v) is 6.47. The monoisotopic (exact) mass is 353 g/mol. The van der Waals surface area contributed by atoms with Gasteiger partial charge in [-0.05, 0) is 36.8 Å². The summed E-state index contributed by atoms with van der Waals surface area (Å²) in [5, 5.41) is 2.67. The lowest BCUT2D eigenvalue weighted by atomic mass is 10.0. The number of anilines is 1. The van der Waals surface area contributed by atoms with Crippen molar-refractivity contribution < 1.29 is 9.59 Å². The molecule has 1 heterocycles. The molecule has 0 spiro atoms. The number of benzene rings is 1. The third-order valence-corrected chi connectivity index (χ3v) is 4.35. The lowest BCUT2D eigenvalue weighted by Gasteiger charge is -2.27. The maximum atomic E-state index is 12.6. The van der Waals surface area contributed by atoms with Gasteiger partial charge in [-0.15, -0.1) is 12.4 Å². The summed E-state index contributed by atoms with van der Waals surface area (Å²) in [7, 11) is 0. The van der Waals surface area contributed by atoms with E-state index in [1.807, 2.05) is 32.0 Å². The largest absolute Gasteiger partial charge is 0.346 e. The normalized spacial score (nSPS) is 15.6. The minimum Gasteiger partial charge on any atom is -0.346 e. The average molecular weight is 354 g/mol. The molecule has 3 N–H and O–H groups in total. The van der Waals surface area contributed by atoms with Crippen LogP contribution in [0, 0.1) is 5.92 Å². The molecule has 6 heteroatoms. The van der Waals surface area contributed by atoms with Gasteiger partial charge in [0.15, 0.2) is 0 Å². The Labute approximate surface area is 150 Å². The van der Waals surface area contributed by atoms with Crippen LogP contribution in [0.4, 0.5) is 5.69 Å². The fraction of sp³-hybridized carbons (Fsp3) is 0.556. The van der Waals surface area contributed by atoms with E-state index in [-0.39, 0.29) is 36.7 Å². The van der Waals surface area contributed by atoms with E-state index >= 15 is 0 Å². The highest BCUT2D eigenvalue weighted by molar-refractivity contribution is 5.97. The Morgan fingerprint density at radius 1 is 1.21 bits per heavy atom. The van der Waals surface area contributed by atoms with Crippen molar-refractivity contribution in [3.63, 3.8) is 0 Å². The summed E-state index contributed by atoms with van der Waals surface area (Å²) in [5.74, 6) is -0.301. The SMILES string of the molecule is CC(C)[C@H](N)C(=O)NCC(=O)N1CCCCCc2ccccc21.Cl. The molecule has 0 fully saturated rings. The molecule has 1 aliphatic heterocycles. The van der Waals surface area contributed by atoms with Crippen molar-refractivity contribution in [2.75, 3.05) is 18.0 Å². The van der Waals surface area contributed by atoms with Gasteiger partial charge in [-0.25, -0.2) is 0 Å². The van der Waals surface area contributed by atoms with Gasteiger partial charge >= 0.3 is 0 Å². The molecule has 134 valence electrons. The zero-order valence-corrected chi connectivity index (χ0v) is 15.3. The highest BCUT2D eigenvalue weighted by Gasteiger charge is 2.22. The number of carbonyl (C=O) groups excluding carboxylic acids is 2. The van der Waals surface area contributed by atoms with Crippen LogP contribution in [-0.2, 0) is 16.0 Å². The quantitative estimate of drug-likeness (QED) is 0.871. The molecule has 0 saturated carbocycles. The zero-order chi connectivity index (χ0) is 16.8. The molecular formula is C18H28ClN3O2. The van der Waals surface area contributed by atoms with E-state index in [9.17, 15) is 9.59 Å². The van der Waals surface area contributed by atoms with Crippen molar-refractivity contribution in [2.45, 2.75) is 45.6 Å². The van der Waals surface area contributed by atoms with Gasteiger partial charge < -0.3 is 16.0 Å². The van der Waals surface area contributed by atoms with E-state index < -0.39 is 6.04 Å². The molecule has 1 aromatic carbocycles. The molecule has 24 heavy (non-hydrogen) atoms. The Balaban J connectivity index is 0.00000288. The molecular weight excluding hydrogens is 326 g/mol. The number of hydrogen-bond acceptors (Lipinski definition) is 3. The summed E-state index contributed by atoms with van der Waals surface area (Å²) in [6, 6.07) is 7.44. The fourth-order valence-corrected chi connectivity index (χ4v) is 2.81. The molecule has 1 aromatic rings. The molecule has 2 rings (SSSR count). The van der Waals surface area contributed by atoms with Gasteiger partial charge in [0, 0.05) is 12.2 Å². The Kier molecular flexibility index (Phi) is 8.22. The molecule has 0 unspecified atom stereocenters. The van der Waals surface area contributed by atoms with E-state index in [1.165, 1.54) is 5.56 Å². The van der Waals surface area contributed by atoms with Gasteiger partial charge in [0.1, 0.15) is 0 Å². The number of nitrogens with two attached hydrogens (primary N) is 1. The van der Waals surface area contributed by atoms with Crippen LogP contribution in [-0.4, -0.2) is 30.9 Å². The molecule has 5 nitrogen and oxygen atoms in total. The van der Waals surface area contributed by atoms with E-state index in [0.29, 0.717) is 6.54 Å². The maximum Gasteiger partial charge on any atom is 0.246 e. The second-order valence-electron chi connectivity index (χ2n) is 6.47.